The molecule has 114 valence electrons. The molecule has 3 heteroatoms. The minimum Gasteiger partial charge on any atom is -0.489 e. The molecule has 1 aromatic heterocycles. The van der Waals surface area contributed by atoms with Crippen LogP contribution in [0.4, 0.5) is 0 Å². The lowest BCUT2D eigenvalue weighted by atomic mass is 10.1. The quantitative estimate of drug-likeness (QED) is 0.770. The summed E-state index contributed by atoms with van der Waals surface area (Å²) >= 11 is 0. The SMILES string of the molecule is O=c1cc(/C=C/c2ccc(OCc3ccccc3)cc2)cc[nH]1. The van der Waals surface area contributed by atoms with Gasteiger partial charge in [0.15, 0.2) is 0 Å². The Morgan fingerprint density at radius 1 is 0.870 bits per heavy atom. The summed E-state index contributed by atoms with van der Waals surface area (Å²) < 4.78 is 5.76. The Bertz CT molecular complexity index is 833. The predicted molar refractivity (Wildman–Crippen MR) is 93.2 cm³/mol. The molecule has 0 saturated heterocycles. The van der Waals surface area contributed by atoms with Gasteiger partial charge in [0.1, 0.15) is 12.4 Å². The van der Waals surface area contributed by atoms with Crippen molar-refractivity contribution in [3.8, 4) is 5.75 Å². The van der Waals surface area contributed by atoms with E-state index in [0.717, 1.165) is 22.4 Å². The summed E-state index contributed by atoms with van der Waals surface area (Å²) in [6.07, 6.45) is 5.52. The molecule has 0 fully saturated rings. The van der Waals surface area contributed by atoms with Gasteiger partial charge in [-0.25, -0.2) is 0 Å². The van der Waals surface area contributed by atoms with Gasteiger partial charge < -0.3 is 9.72 Å². The predicted octanol–water partition coefficient (Wildman–Crippen LogP) is 4.12. The number of hydrogen-bond acceptors (Lipinski definition) is 2. The third kappa shape index (κ3) is 4.45. The zero-order chi connectivity index (χ0) is 15.9. The molecule has 0 amide bonds. The second-order valence-corrected chi connectivity index (χ2v) is 5.16. The molecule has 1 heterocycles. The monoisotopic (exact) mass is 303 g/mol. The lowest BCUT2D eigenvalue weighted by Crippen LogP contribution is -2.01. The molecular weight excluding hydrogens is 286 g/mol. The summed E-state index contributed by atoms with van der Waals surface area (Å²) in [4.78, 5) is 13.8. The molecule has 3 rings (SSSR count). The van der Waals surface area contributed by atoms with Crippen LogP contribution < -0.4 is 10.3 Å². The highest BCUT2D eigenvalue weighted by molar-refractivity contribution is 5.69. The molecule has 2 aromatic carbocycles. The second kappa shape index (κ2) is 7.27. The first-order valence-electron chi connectivity index (χ1n) is 7.43. The summed E-state index contributed by atoms with van der Waals surface area (Å²) in [6.45, 7) is 0.558. The van der Waals surface area contributed by atoms with Crippen molar-refractivity contribution < 1.29 is 4.74 Å². The molecule has 0 unspecified atom stereocenters. The molecule has 0 radical (unpaired) electrons. The van der Waals surface area contributed by atoms with E-state index in [0.29, 0.717) is 6.61 Å². The Kier molecular flexibility index (Phi) is 4.69. The highest BCUT2D eigenvalue weighted by Crippen LogP contribution is 2.15. The number of benzene rings is 2. The van der Waals surface area contributed by atoms with E-state index in [1.54, 1.807) is 12.3 Å². The van der Waals surface area contributed by atoms with Crippen LogP contribution >= 0.6 is 0 Å². The van der Waals surface area contributed by atoms with Crippen LogP contribution in [0, 0.1) is 0 Å². The summed E-state index contributed by atoms with van der Waals surface area (Å²) in [5.41, 5.74) is 2.97. The number of aromatic amines is 1. The number of nitrogens with one attached hydrogen (secondary N) is 1. The van der Waals surface area contributed by atoms with Gasteiger partial charge in [0, 0.05) is 12.3 Å². The molecule has 3 nitrogen and oxygen atoms in total. The minimum atomic E-state index is -0.100. The highest BCUT2D eigenvalue weighted by Gasteiger charge is 1.96. The van der Waals surface area contributed by atoms with Gasteiger partial charge in [-0.1, -0.05) is 54.6 Å². The van der Waals surface area contributed by atoms with Crippen molar-refractivity contribution in [2.45, 2.75) is 6.61 Å². The Morgan fingerprint density at radius 2 is 1.61 bits per heavy atom. The summed E-state index contributed by atoms with van der Waals surface area (Å²) in [5.74, 6) is 0.835. The fourth-order valence-corrected chi connectivity index (χ4v) is 2.17. The van der Waals surface area contributed by atoms with Gasteiger partial charge in [-0.15, -0.1) is 0 Å². The highest BCUT2D eigenvalue weighted by atomic mass is 16.5. The van der Waals surface area contributed by atoms with E-state index in [9.17, 15) is 4.79 Å². The first-order chi connectivity index (χ1) is 11.3. The molecule has 0 bridgehead atoms. The molecule has 0 spiro atoms. The topological polar surface area (TPSA) is 42.1 Å². The number of H-pyrrole nitrogens is 1. The van der Waals surface area contributed by atoms with Crippen molar-refractivity contribution in [3.63, 3.8) is 0 Å². The van der Waals surface area contributed by atoms with Gasteiger partial charge in [0.2, 0.25) is 5.56 Å². The summed E-state index contributed by atoms with van der Waals surface area (Å²) in [6, 6.07) is 21.4. The van der Waals surface area contributed by atoms with Crippen LogP contribution in [-0.2, 0) is 6.61 Å². The fourth-order valence-electron chi connectivity index (χ4n) is 2.17. The van der Waals surface area contributed by atoms with E-state index < -0.39 is 0 Å². The van der Waals surface area contributed by atoms with Gasteiger partial charge in [0.25, 0.3) is 0 Å². The van der Waals surface area contributed by atoms with Crippen molar-refractivity contribution in [2.24, 2.45) is 0 Å². The maximum Gasteiger partial charge on any atom is 0.248 e. The molecular formula is C20H17NO2. The van der Waals surface area contributed by atoms with Gasteiger partial charge in [-0.3, -0.25) is 4.79 Å². The standard InChI is InChI=1S/C20H17NO2/c22-20-14-17(12-13-21-20)7-6-16-8-10-19(11-9-16)23-15-18-4-2-1-3-5-18/h1-14H,15H2,(H,21,22)/b7-6+. The van der Waals surface area contributed by atoms with Crippen LogP contribution in [0.15, 0.2) is 77.7 Å². The zero-order valence-electron chi connectivity index (χ0n) is 12.6. The molecule has 0 aliphatic heterocycles. The number of hydrogen-bond donors (Lipinski definition) is 1. The van der Waals surface area contributed by atoms with Crippen LogP contribution in [0.3, 0.4) is 0 Å². The molecule has 0 aliphatic rings. The molecule has 0 aliphatic carbocycles. The molecule has 1 N–H and O–H groups in total. The Labute approximate surface area is 134 Å². The summed E-state index contributed by atoms with van der Waals surface area (Å²) in [7, 11) is 0. The van der Waals surface area contributed by atoms with Gasteiger partial charge in [-0.2, -0.15) is 0 Å². The van der Waals surface area contributed by atoms with E-state index in [1.807, 2.05) is 72.8 Å². The van der Waals surface area contributed by atoms with Crippen molar-refractivity contribution in [2.75, 3.05) is 0 Å². The minimum absolute atomic E-state index is 0.100. The molecule has 3 aromatic rings. The van der Waals surface area contributed by atoms with Gasteiger partial charge in [-0.05, 0) is 34.9 Å². The third-order valence-electron chi connectivity index (χ3n) is 3.40. The Morgan fingerprint density at radius 3 is 2.35 bits per heavy atom. The van der Waals surface area contributed by atoms with Crippen LogP contribution in [0.2, 0.25) is 0 Å². The maximum atomic E-state index is 11.2. The lowest BCUT2D eigenvalue weighted by Gasteiger charge is -2.06. The van der Waals surface area contributed by atoms with E-state index >= 15 is 0 Å². The second-order valence-electron chi connectivity index (χ2n) is 5.16. The number of ether oxygens (including phenoxy) is 1. The van der Waals surface area contributed by atoms with Crippen molar-refractivity contribution >= 4 is 12.2 Å². The molecule has 23 heavy (non-hydrogen) atoms. The fraction of sp³-hybridized carbons (Fsp3) is 0.0500. The third-order valence-corrected chi connectivity index (χ3v) is 3.40. The van der Waals surface area contributed by atoms with Crippen molar-refractivity contribution in [1.82, 2.24) is 4.98 Å². The van der Waals surface area contributed by atoms with E-state index in [-0.39, 0.29) is 5.56 Å². The number of aromatic nitrogens is 1. The normalized spacial score (nSPS) is 10.8. The average molecular weight is 303 g/mol. The van der Waals surface area contributed by atoms with E-state index in [4.69, 9.17) is 4.74 Å². The summed E-state index contributed by atoms with van der Waals surface area (Å²) in [5, 5.41) is 0. The van der Waals surface area contributed by atoms with Crippen LogP contribution in [0.1, 0.15) is 16.7 Å². The van der Waals surface area contributed by atoms with E-state index in [1.165, 1.54) is 0 Å². The van der Waals surface area contributed by atoms with Gasteiger partial charge in [0.05, 0.1) is 0 Å². The van der Waals surface area contributed by atoms with Crippen LogP contribution in [-0.4, -0.2) is 4.98 Å². The average Bonchev–Trinajstić information content (AvgIpc) is 2.60. The smallest absolute Gasteiger partial charge is 0.248 e. The lowest BCUT2D eigenvalue weighted by molar-refractivity contribution is 0.306. The van der Waals surface area contributed by atoms with Crippen LogP contribution in [0.25, 0.3) is 12.2 Å². The molecule has 0 saturated carbocycles. The largest absolute Gasteiger partial charge is 0.489 e. The van der Waals surface area contributed by atoms with Crippen molar-refractivity contribution in [3.05, 3.63) is 100.0 Å². The first-order valence-corrected chi connectivity index (χ1v) is 7.43. The Hall–Kier alpha value is -3.07. The van der Waals surface area contributed by atoms with Crippen molar-refractivity contribution in [1.29, 1.82) is 0 Å². The Balaban J connectivity index is 1.62. The van der Waals surface area contributed by atoms with Gasteiger partial charge >= 0.3 is 0 Å². The number of pyridine rings is 1. The molecule has 0 atom stereocenters. The first kappa shape index (κ1) is 14.9. The zero-order valence-corrected chi connectivity index (χ0v) is 12.6. The maximum absolute atomic E-state index is 11.2. The van der Waals surface area contributed by atoms with Crippen LogP contribution in [0.5, 0.6) is 5.75 Å². The van der Waals surface area contributed by atoms with E-state index in [2.05, 4.69) is 4.98 Å². The number of rotatable bonds is 5.